The average Bonchev–Trinajstić information content (AvgIpc) is 3.12. The molecule has 146 valence electrons. The van der Waals surface area contributed by atoms with E-state index >= 15 is 0 Å². The van der Waals surface area contributed by atoms with E-state index in [1.807, 2.05) is 12.1 Å². The third-order valence-electron chi connectivity index (χ3n) is 4.59. The quantitative estimate of drug-likeness (QED) is 0.523. The summed E-state index contributed by atoms with van der Waals surface area (Å²) in [5.74, 6) is 0.135. The van der Waals surface area contributed by atoms with Gasteiger partial charge in [0.25, 0.3) is 5.56 Å². The number of aromatic amines is 1. The van der Waals surface area contributed by atoms with Gasteiger partial charge in [-0.3, -0.25) is 9.59 Å². The zero-order valence-corrected chi connectivity index (χ0v) is 15.6. The van der Waals surface area contributed by atoms with Crippen LogP contribution in [-0.4, -0.2) is 40.2 Å². The first-order chi connectivity index (χ1) is 14.0. The van der Waals surface area contributed by atoms with Crippen LogP contribution < -0.4 is 15.7 Å². The average molecular weight is 392 g/mol. The number of rotatable bonds is 4. The number of ether oxygens (including phenoxy) is 2. The molecule has 0 atom stereocenters. The topological polar surface area (TPSA) is 116 Å². The van der Waals surface area contributed by atoms with Crippen molar-refractivity contribution in [2.45, 2.75) is 6.54 Å². The van der Waals surface area contributed by atoms with Gasteiger partial charge in [-0.1, -0.05) is 17.3 Å². The van der Waals surface area contributed by atoms with E-state index in [0.29, 0.717) is 5.75 Å². The van der Waals surface area contributed by atoms with Gasteiger partial charge in [0.1, 0.15) is 5.75 Å². The summed E-state index contributed by atoms with van der Waals surface area (Å²) in [6.07, 6.45) is 0. The van der Waals surface area contributed by atoms with Crippen LogP contribution in [0.3, 0.4) is 0 Å². The number of aromatic nitrogens is 4. The van der Waals surface area contributed by atoms with Crippen LogP contribution in [0.15, 0.2) is 52.1 Å². The van der Waals surface area contributed by atoms with Crippen LogP contribution in [0.4, 0.5) is 0 Å². The molecule has 0 bridgehead atoms. The first-order valence-corrected chi connectivity index (χ1v) is 8.66. The van der Waals surface area contributed by atoms with Crippen molar-refractivity contribution in [3.63, 3.8) is 0 Å². The Kier molecular flexibility index (Phi) is 4.55. The standard InChI is InChI=1S/C20H16N4O5/c1-28-13-6-3-11(4-7-13)10-24-17-16(22-23-24)18(25)14-8-5-12(20(27)29-2)9-15(14)21-19(17)26/h3-9H,10H2,1-2H3,(H,21,26). The number of nitrogens with one attached hydrogen (secondary N) is 1. The SMILES string of the molecule is COC(=O)c1ccc2c(=O)c3nnn(Cc4ccc(OC)cc4)c3c(=O)[nH]c2c1. The van der Waals surface area contributed by atoms with Gasteiger partial charge in [0.15, 0.2) is 11.0 Å². The Balaban J connectivity index is 1.90. The number of carbonyl (C=O) groups excluding carboxylic acids is 1. The Morgan fingerprint density at radius 3 is 2.55 bits per heavy atom. The molecule has 0 aliphatic rings. The number of esters is 1. The summed E-state index contributed by atoms with van der Waals surface area (Å²) in [4.78, 5) is 40.2. The molecule has 0 aliphatic carbocycles. The van der Waals surface area contributed by atoms with Crippen LogP contribution in [0.25, 0.3) is 21.9 Å². The maximum atomic E-state index is 12.9. The molecule has 2 aromatic heterocycles. The van der Waals surface area contributed by atoms with Crippen LogP contribution in [0.1, 0.15) is 15.9 Å². The lowest BCUT2D eigenvalue weighted by Crippen LogP contribution is -2.11. The second-order valence-corrected chi connectivity index (χ2v) is 6.33. The lowest BCUT2D eigenvalue weighted by Gasteiger charge is -2.03. The van der Waals surface area contributed by atoms with Crippen LogP contribution in [-0.2, 0) is 11.3 Å². The van der Waals surface area contributed by atoms with Crippen LogP contribution in [0, 0.1) is 0 Å². The summed E-state index contributed by atoms with van der Waals surface area (Å²) in [7, 11) is 2.83. The van der Waals surface area contributed by atoms with E-state index in [-0.39, 0.29) is 34.0 Å². The highest BCUT2D eigenvalue weighted by Gasteiger charge is 2.15. The zero-order chi connectivity index (χ0) is 20.5. The third kappa shape index (κ3) is 3.22. The Hall–Kier alpha value is -4.01. The van der Waals surface area contributed by atoms with Crippen molar-refractivity contribution < 1.29 is 14.3 Å². The molecule has 0 aliphatic heterocycles. The number of hydrogen-bond donors (Lipinski definition) is 1. The molecule has 29 heavy (non-hydrogen) atoms. The fourth-order valence-electron chi connectivity index (χ4n) is 3.10. The van der Waals surface area contributed by atoms with Crippen molar-refractivity contribution in [2.75, 3.05) is 14.2 Å². The van der Waals surface area contributed by atoms with Gasteiger partial charge in [-0.25, -0.2) is 9.48 Å². The fraction of sp³-hybridized carbons (Fsp3) is 0.150. The maximum Gasteiger partial charge on any atom is 0.337 e. The Bertz CT molecular complexity index is 1360. The Morgan fingerprint density at radius 2 is 1.86 bits per heavy atom. The van der Waals surface area contributed by atoms with E-state index in [1.54, 1.807) is 19.2 Å². The molecule has 4 rings (SSSR count). The Labute approximate surface area is 163 Å². The summed E-state index contributed by atoms with van der Waals surface area (Å²) >= 11 is 0. The molecule has 0 radical (unpaired) electrons. The number of benzene rings is 2. The molecule has 9 heteroatoms. The predicted molar refractivity (Wildman–Crippen MR) is 105 cm³/mol. The van der Waals surface area contributed by atoms with E-state index in [0.717, 1.165) is 5.56 Å². The molecule has 4 aromatic rings. The normalized spacial score (nSPS) is 11.0. The predicted octanol–water partition coefficient (Wildman–Crippen LogP) is 1.48. The van der Waals surface area contributed by atoms with E-state index in [1.165, 1.54) is 30.0 Å². The molecule has 2 aromatic carbocycles. The number of fused-ring (bicyclic) bond motifs is 2. The second kappa shape index (κ2) is 7.19. The minimum atomic E-state index is -0.569. The molecule has 0 saturated heterocycles. The van der Waals surface area contributed by atoms with Gasteiger partial charge in [-0.2, -0.15) is 0 Å². The summed E-state index contributed by atoms with van der Waals surface area (Å²) in [5, 5.41) is 8.15. The number of nitrogens with zero attached hydrogens (tertiary/aromatic N) is 3. The zero-order valence-electron chi connectivity index (χ0n) is 15.6. The molecular formula is C20H16N4O5. The summed E-state index contributed by atoms with van der Waals surface area (Å²) in [5.41, 5.74) is 0.323. The third-order valence-corrected chi connectivity index (χ3v) is 4.59. The number of hydrogen-bond acceptors (Lipinski definition) is 7. The summed E-state index contributed by atoms with van der Waals surface area (Å²) < 4.78 is 11.2. The molecule has 1 N–H and O–H groups in total. The van der Waals surface area contributed by atoms with Crippen LogP contribution >= 0.6 is 0 Å². The molecule has 2 heterocycles. The lowest BCUT2D eigenvalue weighted by atomic mass is 10.1. The highest BCUT2D eigenvalue weighted by Crippen LogP contribution is 2.15. The monoisotopic (exact) mass is 392 g/mol. The minimum Gasteiger partial charge on any atom is -0.497 e. The van der Waals surface area contributed by atoms with E-state index in [4.69, 9.17) is 4.74 Å². The van der Waals surface area contributed by atoms with E-state index in [9.17, 15) is 14.4 Å². The van der Waals surface area contributed by atoms with Crippen LogP contribution in [0.5, 0.6) is 5.75 Å². The lowest BCUT2D eigenvalue weighted by molar-refractivity contribution is 0.0601. The smallest absolute Gasteiger partial charge is 0.337 e. The highest BCUT2D eigenvalue weighted by molar-refractivity contribution is 5.95. The molecule has 9 nitrogen and oxygen atoms in total. The largest absolute Gasteiger partial charge is 0.497 e. The molecular weight excluding hydrogens is 376 g/mol. The highest BCUT2D eigenvalue weighted by atomic mass is 16.5. The number of H-pyrrole nitrogens is 1. The molecule has 0 amide bonds. The van der Waals surface area contributed by atoms with Gasteiger partial charge >= 0.3 is 5.97 Å². The maximum absolute atomic E-state index is 12.9. The molecule has 0 spiro atoms. The number of methoxy groups -OCH3 is 2. The molecule has 0 saturated carbocycles. The van der Waals surface area contributed by atoms with E-state index in [2.05, 4.69) is 20.0 Å². The van der Waals surface area contributed by atoms with Gasteiger partial charge in [0.05, 0.1) is 31.8 Å². The van der Waals surface area contributed by atoms with Crippen molar-refractivity contribution in [3.05, 3.63) is 74.2 Å². The second-order valence-electron chi connectivity index (χ2n) is 6.33. The van der Waals surface area contributed by atoms with Gasteiger partial charge in [-0.05, 0) is 35.9 Å². The fourth-order valence-corrected chi connectivity index (χ4v) is 3.10. The molecule has 0 unspecified atom stereocenters. The van der Waals surface area contributed by atoms with Crippen molar-refractivity contribution in [1.82, 2.24) is 20.0 Å². The van der Waals surface area contributed by atoms with E-state index < -0.39 is 17.0 Å². The first kappa shape index (κ1) is 18.4. The van der Waals surface area contributed by atoms with Gasteiger partial charge in [0, 0.05) is 5.39 Å². The number of carbonyl (C=O) groups is 1. The van der Waals surface area contributed by atoms with Crippen molar-refractivity contribution >= 4 is 27.9 Å². The minimum absolute atomic E-state index is 0.0411. The molecule has 0 fully saturated rings. The van der Waals surface area contributed by atoms with Crippen molar-refractivity contribution in [2.24, 2.45) is 0 Å². The summed E-state index contributed by atoms with van der Waals surface area (Å²) in [6, 6.07) is 11.6. The van der Waals surface area contributed by atoms with Gasteiger partial charge in [-0.15, -0.1) is 5.10 Å². The Morgan fingerprint density at radius 1 is 1.10 bits per heavy atom. The first-order valence-electron chi connectivity index (χ1n) is 8.66. The summed E-state index contributed by atoms with van der Waals surface area (Å²) in [6.45, 7) is 0.247. The van der Waals surface area contributed by atoms with Crippen molar-refractivity contribution in [1.29, 1.82) is 0 Å². The van der Waals surface area contributed by atoms with Crippen LogP contribution in [0.2, 0.25) is 0 Å². The van der Waals surface area contributed by atoms with Crippen molar-refractivity contribution in [3.8, 4) is 5.75 Å². The van der Waals surface area contributed by atoms with Gasteiger partial charge in [0.2, 0.25) is 5.43 Å². The van der Waals surface area contributed by atoms with Gasteiger partial charge < -0.3 is 14.5 Å².